The zero-order valence-corrected chi connectivity index (χ0v) is 13.1. The van der Waals surface area contributed by atoms with Crippen molar-refractivity contribution in [2.45, 2.75) is 39.0 Å². The Kier molecular flexibility index (Phi) is 2.65. The largest absolute Gasteiger partial charge is 0.487 e. The molecule has 3 aromatic rings. The number of ether oxygens (including phenoxy) is 1. The zero-order valence-electron chi connectivity index (χ0n) is 13.1. The first kappa shape index (κ1) is 12.9. The van der Waals surface area contributed by atoms with Crippen molar-refractivity contribution in [2.75, 3.05) is 0 Å². The number of hydrogen-bond donors (Lipinski definition) is 0. The van der Waals surface area contributed by atoms with Crippen molar-refractivity contribution in [3.63, 3.8) is 0 Å². The second-order valence-electron chi connectivity index (χ2n) is 6.52. The highest BCUT2D eigenvalue weighted by molar-refractivity contribution is 5.57. The molecule has 116 valence electrons. The lowest BCUT2D eigenvalue weighted by molar-refractivity contribution is 0.301. The van der Waals surface area contributed by atoms with Crippen molar-refractivity contribution in [3.05, 3.63) is 53.5 Å². The second kappa shape index (κ2) is 4.72. The smallest absolute Gasteiger partial charge is 0.130 e. The van der Waals surface area contributed by atoms with E-state index in [2.05, 4.69) is 47.2 Å². The van der Waals surface area contributed by atoms with Gasteiger partial charge < -0.3 is 4.74 Å². The number of aromatic nitrogens is 4. The molecule has 1 fully saturated rings. The van der Waals surface area contributed by atoms with Crippen molar-refractivity contribution in [2.24, 2.45) is 0 Å². The van der Waals surface area contributed by atoms with E-state index >= 15 is 0 Å². The van der Waals surface area contributed by atoms with Crippen LogP contribution in [0.15, 0.2) is 36.7 Å². The van der Waals surface area contributed by atoms with Gasteiger partial charge in [0.15, 0.2) is 0 Å². The summed E-state index contributed by atoms with van der Waals surface area (Å²) in [7, 11) is 0. The van der Waals surface area contributed by atoms with E-state index in [0.717, 1.165) is 29.2 Å². The predicted molar refractivity (Wildman–Crippen MR) is 86.3 cm³/mol. The molecule has 0 radical (unpaired) electrons. The summed E-state index contributed by atoms with van der Waals surface area (Å²) in [4.78, 5) is 0. The molecule has 5 heteroatoms. The van der Waals surface area contributed by atoms with E-state index in [-0.39, 0.29) is 0 Å². The normalized spacial score (nSPS) is 16.4. The summed E-state index contributed by atoms with van der Waals surface area (Å²) >= 11 is 0. The second-order valence-corrected chi connectivity index (χ2v) is 6.52. The summed E-state index contributed by atoms with van der Waals surface area (Å²) in [5.41, 5.74) is 5.56. The molecule has 5 rings (SSSR count). The van der Waals surface area contributed by atoms with Gasteiger partial charge in [-0.05, 0) is 37.5 Å². The molecule has 1 aliphatic carbocycles. The lowest BCUT2D eigenvalue weighted by Crippen LogP contribution is -2.03. The van der Waals surface area contributed by atoms with Gasteiger partial charge in [-0.15, -0.1) is 0 Å². The Morgan fingerprint density at radius 2 is 2.13 bits per heavy atom. The van der Waals surface area contributed by atoms with E-state index in [1.165, 1.54) is 24.0 Å². The molecule has 0 spiro atoms. The Hall–Kier alpha value is -2.56. The molecule has 0 saturated heterocycles. The number of benzene rings is 1. The van der Waals surface area contributed by atoms with E-state index in [1.807, 2.05) is 10.9 Å². The number of nitrogens with zero attached hydrogens (tertiary/aromatic N) is 4. The average Bonchev–Trinajstić information content (AvgIpc) is 3.19. The first-order valence-electron chi connectivity index (χ1n) is 8.10. The monoisotopic (exact) mass is 306 g/mol. The van der Waals surface area contributed by atoms with E-state index in [4.69, 9.17) is 9.84 Å². The minimum absolute atomic E-state index is 0.556. The molecule has 0 bridgehead atoms. The molecule has 3 heterocycles. The van der Waals surface area contributed by atoms with Gasteiger partial charge in [-0.3, -0.25) is 9.36 Å². The highest BCUT2D eigenvalue weighted by atomic mass is 16.5. The van der Waals surface area contributed by atoms with Crippen molar-refractivity contribution in [1.82, 2.24) is 19.6 Å². The summed E-state index contributed by atoms with van der Waals surface area (Å²) in [6.45, 7) is 3.39. The maximum atomic E-state index is 5.98. The highest BCUT2D eigenvalue weighted by Gasteiger charge is 2.25. The topological polar surface area (TPSA) is 44.9 Å². The maximum absolute atomic E-state index is 5.98. The zero-order chi connectivity index (χ0) is 15.4. The molecule has 1 aromatic carbocycles. The molecule has 1 saturated carbocycles. The van der Waals surface area contributed by atoms with Crippen LogP contribution in [0.3, 0.4) is 0 Å². The molecule has 5 nitrogen and oxygen atoms in total. The average molecular weight is 306 g/mol. The fourth-order valence-electron chi connectivity index (χ4n) is 3.10. The van der Waals surface area contributed by atoms with Gasteiger partial charge in [0.25, 0.3) is 0 Å². The summed E-state index contributed by atoms with van der Waals surface area (Å²) in [5.74, 6) is 0.971. The number of rotatable bonds is 2. The summed E-state index contributed by atoms with van der Waals surface area (Å²) in [5, 5.41) is 9.24. The van der Waals surface area contributed by atoms with Gasteiger partial charge >= 0.3 is 0 Å². The van der Waals surface area contributed by atoms with Gasteiger partial charge in [-0.25, -0.2) is 0 Å². The Morgan fingerprint density at radius 3 is 3.00 bits per heavy atom. The van der Waals surface area contributed by atoms with Gasteiger partial charge in [0.05, 0.1) is 30.2 Å². The summed E-state index contributed by atoms with van der Waals surface area (Å²) in [6.07, 6.45) is 6.51. The van der Waals surface area contributed by atoms with Crippen LogP contribution < -0.4 is 4.74 Å². The third kappa shape index (κ3) is 2.23. The molecule has 2 aromatic heterocycles. The minimum Gasteiger partial charge on any atom is -0.487 e. The molecule has 0 unspecified atom stereocenters. The first-order chi connectivity index (χ1) is 11.3. The standard InChI is InChI=1S/C18H18N4O/c1-12-2-3-13-9-22-16(11-23-18(13)6-12)7-17(20-22)14-8-19-21(10-14)15-4-5-15/h2-3,6-8,10,15H,4-5,9,11H2,1H3. The molecule has 2 aliphatic rings. The third-order valence-electron chi connectivity index (χ3n) is 4.60. The van der Waals surface area contributed by atoms with Crippen LogP contribution in [0.2, 0.25) is 0 Å². The van der Waals surface area contributed by atoms with Crippen LogP contribution in [0.1, 0.15) is 35.7 Å². The van der Waals surface area contributed by atoms with Crippen LogP contribution in [0.4, 0.5) is 0 Å². The number of hydrogen-bond acceptors (Lipinski definition) is 3. The van der Waals surface area contributed by atoms with Crippen LogP contribution in [0.5, 0.6) is 5.75 Å². The molecule has 0 atom stereocenters. The lowest BCUT2D eigenvalue weighted by Gasteiger charge is -2.07. The van der Waals surface area contributed by atoms with Gasteiger partial charge in [-0.2, -0.15) is 10.2 Å². The Balaban J connectivity index is 1.49. The van der Waals surface area contributed by atoms with E-state index in [1.54, 1.807) is 0 Å². The quantitative estimate of drug-likeness (QED) is 0.729. The molecule has 0 amide bonds. The van der Waals surface area contributed by atoms with Crippen LogP contribution in [-0.4, -0.2) is 19.6 Å². The molecule has 23 heavy (non-hydrogen) atoms. The molecular formula is C18H18N4O. The first-order valence-corrected chi connectivity index (χ1v) is 8.10. The maximum Gasteiger partial charge on any atom is 0.130 e. The highest BCUT2D eigenvalue weighted by Crippen LogP contribution is 2.35. The van der Waals surface area contributed by atoms with E-state index in [9.17, 15) is 0 Å². The van der Waals surface area contributed by atoms with Crippen LogP contribution >= 0.6 is 0 Å². The Labute approximate surface area is 134 Å². The van der Waals surface area contributed by atoms with Crippen LogP contribution in [-0.2, 0) is 13.2 Å². The van der Waals surface area contributed by atoms with Crippen molar-refractivity contribution < 1.29 is 4.74 Å². The lowest BCUT2D eigenvalue weighted by atomic mass is 10.1. The van der Waals surface area contributed by atoms with Crippen molar-refractivity contribution in [3.8, 4) is 17.0 Å². The summed E-state index contributed by atoms with van der Waals surface area (Å²) in [6, 6.07) is 9.07. The molecular weight excluding hydrogens is 288 g/mol. The van der Waals surface area contributed by atoms with E-state index < -0.39 is 0 Å². The van der Waals surface area contributed by atoms with Crippen LogP contribution in [0, 0.1) is 6.92 Å². The van der Waals surface area contributed by atoms with Crippen molar-refractivity contribution in [1.29, 1.82) is 0 Å². The number of fused-ring (bicyclic) bond motifs is 2. The Morgan fingerprint density at radius 1 is 1.22 bits per heavy atom. The number of aryl methyl sites for hydroxylation is 1. The van der Waals surface area contributed by atoms with Gasteiger partial charge in [0, 0.05) is 17.3 Å². The van der Waals surface area contributed by atoms with Gasteiger partial charge in [0.2, 0.25) is 0 Å². The predicted octanol–water partition coefficient (Wildman–Crippen LogP) is 3.33. The minimum atomic E-state index is 0.556. The Bertz CT molecular complexity index is 888. The van der Waals surface area contributed by atoms with Gasteiger partial charge in [0.1, 0.15) is 12.4 Å². The molecule has 0 N–H and O–H groups in total. The fraction of sp³-hybridized carbons (Fsp3) is 0.333. The van der Waals surface area contributed by atoms with Gasteiger partial charge in [-0.1, -0.05) is 12.1 Å². The van der Waals surface area contributed by atoms with Crippen molar-refractivity contribution >= 4 is 0 Å². The molecule has 1 aliphatic heterocycles. The third-order valence-corrected chi connectivity index (χ3v) is 4.60. The van der Waals surface area contributed by atoms with E-state index in [0.29, 0.717) is 12.6 Å². The fourth-order valence-corrected chi connectivity index (χ4v) is 3.10. The summed E-state index contributed by atoms with van der Waals surface area (Å²) < 4.78 is 10.1. The van der Waals surface area contributed by atoms with Crippen LogP contribution in [0.25, 0.3) is 11.3 Å². The SMILES string of the molecule is Cc1ccc2c(c1)OCc1cc(-c3cnn(C4CC4)c3)nn1C2.